The van der Waals surface area contributed by atoms with Gasteiger partial charge in [-0.25, -0.2) is 0 Å². The number of nitro benzene ring substituents is 2. The van der Waals surface area contributed by atoms with E-state index < -0.39 is 9.85 Å². The maximum Gasteiger partial charge on any atom is 2.00 e. The van der Waals surface area contributed by atoms with Gasteiger partial charge in [0.15, 0.2) is 0 Å². The third kappa shape index (κ3) is 8.44. The monoisotopic (exact) mass is 525 g/mol. The summed E-state index contributed by atoms with van der Waals surface area (Å²) in [5.41, 5.74) is 0.451. The van der Waals surface area contributed by atoms with Gasteiger partial charge in [0.05, 0.1) is 9.85 Å². The van der Waals surface area contributed by atoms with E-state index in [2.05, 4.69) is 9.98 Å². The van der Waals surface area contributed by atoms with Gasteiger partial charge in [-0.15, -0.1) is 0 Å². The molecular formula is C24H26CoN4O6. The van der Waals surface area contributed by atoms with Crippen LogP contribution in [0.1, 0.15) is 62.5 Å². The first-order valence-electron chi connectivity index (χ1n) is 11.3. The van der Waals surface area contributed by atoms with Gasteiger partial charge in [-0.05, 0) is 36.8 Å². The Kier molecular flexibility index (Phi) is 10.8. The van der Waals surface area contributed by atoms with Crippen molar-refractivity contribution in [1.82, 2.24) is 0 Å². The molecule has 187 valence electrons. The average Bonchev–Trinajstić information content (AvgIpc) is 3.52. The van der Waals surface area contributed by atoms with Crippen LogP contribution >= 0.6 is 0 Å². The second-order valence-electron chi connectivity index (χ2n) is 8.39. The molecule has 0 heterocycles. The molecular weight excluding hydrogens is 499 g/mol. The second kappa shape index (κ2) is 13.5. The molecule has 4 rings (SSSR count). The predicted molar refractivity (Wildman–Crippen MR) is 125 cm³/mol. The van der Waals surface area contributed by atoms with E-state index in [1.807, 2.05) is 0 Å². The fourth-order valence-electron chi connectivity index (χ4n) is 3.98. The first kappa shape index (κ1) is 27.9. The van der Waals surface area contributed by atoms with E-state index in [-0.39, 0.29) is 51.7 Å². The number of benzene rings is 2. The molecule has 2 fully saturated rings. The summed E-state index contributed by atoms with van der Waals surface area (Å²) < 4.78 is 0. The van der Waals surface area contributed by atoms with Crippen LogP contribution in [0.15, 0.2) is 46.4 Å². The van der Waals surface area contributed by atoms with Gasteiger partial charge in [-0.3, -0.25) is 30.2 Å². The minimum atomic E-state index is -0.508. The zero-order valence-corrected chi connectivity index (χ0v) is 20.0. The van der Waals surface area contributed by atoms with Crippen LogP contribution in [0, 0.1) is 20.2 Å². The number of non-ortho nitro benzene ring substituents is 2. The van der Waals surface area contributed by atoms with Crippen LogP contribution in [0.5, 0.6) is 11.5 Å². The van der Waals surface area contributed by atoms with Crippen LogP contribution in [-0.2, 0) is 16.8 Å². The Morgan fingerprint density at radius 2 is 1.03 bits per heavy atom. The van der Waals surface area contributed by atoms with Crippen LogP contribution in [0.4, 0.5) is 11.4 Å². The minimum Gasteiger partial charge on any atom is -0.872 e. The van der Waals surface area contributed by atoms with Gasteiger partial charge < -0.3 is 10.2 Å². The summed E-state index contributed by atoms with van der Waals surface area (Å²) in [6.45, 7) is 0. The molecule has 0 aliphatic heterocycles. The first-order valence-corrected chi connectivity index (χ1v) is 11.3. The van der Waals surface area contributed by atoms with E-state index in [4.69, 9.17) is 0 Å². The molecule has 35 heavy (non-hydrogen) atoms. The Hall–Kier alpha value is -3.31. The van der Waals surface area contributed by atoms with Gasteiger partial charge in [-0.2, -0.15) is 0 Å². The molecule has 0 atom stereocenters. The van der Waals surface area contributed by atoms with Gasteiger partial charge in [0.2, 0.25) is 0 Å². The maximum atomic E-state index is 11.5. The molecule has 2 aliphatic carbocycles. The zero-order valence-electron chi connectivity index (χ0n) is 19.0. The van der Waals surface area contributed by atoms with Gasteiger partial charge in [-0.1, -0.05) is 49.3 Å². The number of hydrogen-bond acceptors (Lipinski definition) is 8. The average molecular weight is 525 g/mol. The van der Waals surface area contributed by atoms with E-state index in [0.29, 0.717) is 11.1 Å². The molecule has 2 aliphatic rings. The van der Waals surface area contributed by atoms with Crippen molar-refractivity contribution in [3.63, 3.8) is 0 Å². The molecule has 10 nitrogen and oxygen atoms in total. The SMILES string of the molecule is O=[N+]([O-])c1ccc([O-])c(C=NC2CCCC2)c1.O=[N+]([O-])c1ccc([O-])c(C=NC2CCCC2)c1.[Co+2]. The number of rotatable bonds is 6. The molecule has 0 N–H and O–H groups in total. The Morgan fingerprint density at radius 3 is 1.34 bits per heavy atom. The molecule has 0 spiro atoms. The van der Waals surface area contributed by atoms with E-state index in [1.165, 1.54) is 74.5 Å². The standard InChI is InChI=1S/2C12H14N2O3.Co/c2*15-12-6-5-11(14(16)17)7-9(12)8-13-10-3-1-2-4-10;/h2*5-8,10,15H,1-4H2;/q;;+2/p-2. The van der Waals surface area contributed by atoms with Gasteiger partial charge in [0.25, 0.3) is 11.4 Å². The molecule has 2 saturated carbocycles. The van der Waals surface area contributed by atoms with Crippen molar-refractivity contribution >= 4 is 23.8 Å². The van der Waals surface area contributed by atoms with Crippen molar-refractivity contribution in [1.29, 1.82) is 0 Å². The summed E-state index contributed by atoms with van der Waals surface area (Å²) >= 11 is 0. The number of nitrogens with zero attached hydrogens (tertiary/aromatic N) is 4. The van der Waals surface area contributed by atoms with Crippen LogP contribution in [-0.4, -0.2) is 34.4 Å². The Bertz CT molecular complexity index is 994. The first-order chi connectivity index (χ1) is 16.3. The van der Waals surface area contributed by atoms with Crippen LogP contribution < -0.4 is 10.2 Å². The Morgan fingerprint density at radius 1 is 0.686 bits per heavy atom. The van der Waals surface area contributed by atoms with E-state index in [0.717, 1.165) is 25.7 Å². The van der Waals surface area contributed by atoms with Crippen molar-refractivity contribution in [3.05, 3.63) is 67.8 Å². The summed E-state index contributed by atoms with van der Waals surface area (Å²) in [6, 6.07) is 7.97. The number of aliphatic imine (C=N–C) groups is 2. The fourth-order valence-corrected chi connectivity index (χ4v) is 3.98. The molecule has 2 aromatic rings. The third-order valence-electron chi connectivity index (χ3n) is 5.91. The third-order valence-corrected chi connectivity index (χ3v) is 5.91. The summed E-state index contributed by atoms with van der Waals surface area (Å²) in [5.74, 6) is -0.449. The van der Waals surface area contributed by atoms with Crippen LogP contribution in [0.3, 0.4) is 0 Å². The molecule has 11 heteroatoms. The molecule has 0 bridgehead atoms. The largest absolute Gasteiger partial charge is 2.00 e. The topological polar surface area (TPSA) is 157 Å². The fraction of sp³-hybridized carbons (Fsp3) is 0.417. The van der Waals surface area contributed by atoms with Crippen molar-refractivity contribution in [3.8, 4) is 11.5 Å². The predicted octanol–water partition coefficient (Wildman–Crippen LogP) is 4.06. The van der Waals surface area contributed by atoms with Crippen LogP contribution in [0.2, 0.25) is 0 Å². The minimum absolute atomic E-state index is 0. The smallest absolute Gasteiger partial charge is 0.872 e. The van der Waals surface area contributed by atoms with E-state index >= 15 is 0 Å². The quantitative estimate of drug-likeness (QED) is 0.314. The van der Waals surface area contributed by atoms with Crippen LogP contribution in [0.25, 0.3) is 0 Å². The van der Waals surface area contributed by atoms with Gasteiger partial charge >= 0.3 is 16.8 Å². The van der Waals surface area contributed by atoms with E-state index in [1.54, 1.807) is 0 Å². The van der Waals surface area contributed by atoms with Crippen molar-refractivity contribution in [2.75, 3.05) is 0 Å². The molecule has 1 radical (unpaired) electrons. The molecule has 0 saturated heterocycles. The molecule has 0 unspecified atom stereocenters. The molecule has 0 amide bonds. The summed E-state index contributed by atoms with van der Waals surface area (Å²) in [5, 5.41) is 44.1. The van der Waals surface area contributed by atoms with Crippen molar-refractivity contribution < 1.29 is 36.8 Å². The number of hydrogen-bond donors (Lipinski definition) is 0. The molecule has 0 aromatic heterocycles. The van der Waals surface area contributed by atoms with Crippen molar-refractivity contribution in [2.45, 2.75) is 63.5 Å². The molecule has 2 aromatic carbocycles. The zero-order chi connectivity index (χ0) is 24.5. The van der Waals surface area contributed by atoms with Gasteiger partial charge in [0, 0.05) is 48.8 Å². The number of nitro groups is 2. The maximum absolute atomic E-state index is 11.5. The normalized spacial score (nSPS) is 16.2. The van der Waals surface area contributed by atoms with Crippen molar-refractivity contribution in [2.24, 2.45) is 9.98 Å². The second-order valence-corrected chi connectivity index (χ2v) is 8.39. The Labute approximate surface area is 213 Å². The van der Waals surface area contributed by atoms with Gasteiger partial charge in [0.1, 0.15) is 0 Å². The van der Waals surface area contributed by atoms with E-state index in [9.17, 15) is 30.4 Å². The summed E-state index contributed by atoms with van der Waals surface area (Å²) in [7, 11) is 0. The summed E-state index contributed by atoms with van der Waals surface area (Å²) in [4.78, 5) is 28.8. The Balaban J connectivity index is 0.000000240. The summed E-state index contributed by atoms with van der Waals surface area (Å²) in [6.07, 6.45) is 11.8.